The Balaban J connectivity index is 1.15. The predicted molar refractivity (Wildman–Crippen MR) is 133 cm³/mol. The van der Waals surface area contributed by atoms with E-state index in [2.05, 4.69) is 35.8 Å². The van der Waals surface area contributed by atoms with Gasteiger partial charge in [0.2, 0.25) is 5.91 Å². The van der Waals surface area contributed by atoms with Crippen LogP contribution in [0.3, 0.4) is 0 Å². The molecule has 0 radical (unpaired) electrons. The number of aliphatic imine (C=N–C) groups is 1. The number of guanidine groups is 1. The van der Waals surface area contributed by atoms with E-state index in [0.717, 1.165) is 11.0 Å². The first kappa shape index (κ1) is 22.2. The summed E-state index contributed by atoms with van der Waals surface area (Å²) in [5, 5.41) is 14.7. The van der Waals surface area contributed by atoms with Crippen molar-refractivity contribution < 1.29 is 9.59 Å². The Hall–Kier alpha value is -3.56. The Labute approximate surface area is 207 Å². The van der Waals surface area contributed by atoms with Gasteiger partial charge in [0.05, 0.1) is 12.1 Å². The molecule has 3 aromatic rings. The second kappa shape index (κ2) is 8.66. The second-order valence-corrected chi connectivity index (χ2v) is 9.28. The van der Waals surface area contributed by atoms with E-state index in [4.69, 9.17) is 11.5 Å². The molecule has 5 rings (SSSR count). The topological polar surface area (TPSA) is 182 Å². The smallest absolute Gasteiger partial charge is 0.280 e. The number of hydrogen-bond donors (Lipinski definition) is 4. The Kier molecular flexibility index (Phi) is 5.66. The fourth-order valence-electron chi connectivity index (χ4n) is 4.07. The first-order chi connectivity index (χ1) is 16.3. The van der Waals surface area contributed by atoms with E-state index in [-0.39, 0.29) is 35.3 Å². The molecule has 0 aliphatic carbocycles. The van der Waals surface area contributed by atoms with Crippen LogP contribution in [-0.4, -0.2) is 72.8 Å². The van der Waals surface area contributed by atoms with Gasteiger partial charge >= 0.3 is 0 Å². The molecule has 176 valence electrons. The van der Waals surface area contributed by atoms with Crippen molar-refractivity contribution in [1.82, 2.24) is 40.5 Å². The fraction of sp³-hybridized carbons (Fsp3) is 0.350. The van der Waals surface area contributed by atoms with Crippen LogP contribution in [0.15, 0.2) is 29.3 Å². The van der Waals surface area contributed by atoms with Crippen molar-refractivity contribution >= 4 is 63.0 Å². The van der Waals surface area contributed by atoms with Crippen LogP contribution in [0.1, 0.15) is 23.3 Å². The van der Waals surface area contributed by atoms with E-state index >= 15 is 0 Å². The number of likely N-dealkylation sites (tertiary alicyclic amines) is 1. The van der Waals surface area contributed by atoms with Gasteiger partial charge in [-0.2, -0.15) is 15.0 Å². The Morgan fingerprint density at radius 3 is 2.44 bits per heavy atom. The number of nitrogens with one attached hydrogen (secondary N) is 2. The van der Waals surface area contributed by atoms with Gasteiger partial charge in [-0.3, -0.25) is 19.9 Å². The monoisotopic (exact) mass is 575 g/mol. The molecule has 0 unspecified atom stereocenters. The molecule has 0 saturated carbocycles. The summed E-state index contributed by atoms with van der Waals surface area (Å²) in [6, 6.07) is 7.51. The minimum absolute atomic E-state index is 0.00985. The van der Waals surface area contributed by atoms with Crippen LogP contribution >= 0.6 is 22.6 Å². The second-order valence-electron chi connectivity index (χ2n) is 8.26. The van der Waals surface area contributed by atoms with E-state index < -0.39 is 5.91 Å². The number of piperidine rings is 1. The van der Waals surface area contributed by atoms with Crippen molar-refractivity contribution in [2.45, 2.75) is 24.9 Å². The highest BCUT2D eigenvalue weighted by atomic mass is 127. The van der Waals surface area contributed by atoms with E-state index in [0.29, 0.717) is 42.1 Å². The normalized spacial score (nSPS) is 17.0. The molecule has 1 aromatic carbocycles. The summed E-state index contributed by atoms with van der Waals surface area (Å²) in [6.45, 7) is 1.73. The molecule has 14 heteroatoms. The standard InChI is InChI=1S/C20H22IN11O2/c21-15-17(23)26-16(22)14(25-15)18(34)27-19-24-10-20(28-19)5-7-31(8-6-20)13(33)9-32-29-11-3-1-2-4-12(11)30-32/h1-4H,5-10H2,(H4,22,23,26)(H2,24,27,28,34). The molecular weight excluding hydrogens is 553 g/mol. The Morgan fingerprint density at radius 2 is 1.76 bits per heavy atom. The molecule has 0 atom stereocenters. The third-order valence-corrected chi connectivity index (χ3v) is 6.75. The average molecular weight is 575 g/mol. The number of carbonyl (C=O) groups excluding carboxylic acids is 2. The van der Waals surface area contributed by atoms with Crippen LogP contribution in [0.4, 0.5) is 11.6 Å². The van der Waals surface area contributed by atoms with Crippen LogP contribution in [0, 0.1) is 3.70 Å². The van der Waals surface area contributed by atoms with Gasteiger partial charge in [-0.25, -0.2) is 9.97 Å². The van der Waals surface area contributed by atoms with Crippen molar-refractivity contribution in [1.29, 1.82) is 0 Å². The molecule has 13 nitrogen and oxygen atoms in total. The lowest BCUT2D eigenvalue weighted by Gasteiger charge is -2.39. The molecule has 2 aliphatic heterocycles. The highest BCUT2D eigenvalue weighted by Crippen LogP contribution is 2.26. The van der Waals surface area contributed by atoms with Gasteiger partial charge in [-0.1, -0.05) is 12.1 Å². The van der Waals surface area contributed by atoms with E-state index in [1.54, 1.807) is 0 Å². The summed E-state index contributed by atoms with van der Waals surface area (Å²) in [4.78, 5) is 41.1. The van der Waals surface area contributed by atoms with Crippen LogP contribution < -0.4 is 22.1 Å². The molecular formula is C20H22IN11O2. The Bertz CT molecular complexity index is 1280. The van der Waals surface area contributed by atoms with Crippen LogP contribution in [-0.2, 0) is 11.3 Å². The maximum absolute atomic E-state index is 12.8. The quantitative estimate of drug-likeness (QED) is 0.306. The van der Waals surface area contributed by atoms with Gasteiger partial charge in [-0.15, -0.1) is 0 Å². The summed E-state index contributed by atoms with van der Waals surface area (Å²) in [7, 11) is 0. The van der Waals surface area contributed by atoms with Crippen LogP contribution in [0.5, 0.6) is 0 Å². The van der Waals surface area contributed by atoms with Crippen molar-refractivity contribution in [3.8, 4) is 0 Å². The number of fused-ring (bicyclic) bond motifs is 1. The number of aromatic nitrogens is 5. The predicted octanol–water partition coefficient (Wildman–Crippen LogP) is -0.259. The highest BCUT2D eigenvalue weighted by Gasteiger charge is 2.40. The van der Waals surface area contributed by atoms with E-state index in [1.807, 2.05) is 51.8 Å². The van der Waals surface area contributed by atoms with Crippen LogP contribution in [0.2, 0.25) is 0 Å². The number of anilines is 2. The number of benzene rings is 1. The van der Waals surface area contributed by atoms with Gasteiger partial charge in [0, 0.05) is 13.1 Å². The van der Waals surface area contributed by atoms with Crippen molar-refractivity contribution in [3.05, 3.63) is 33.7 Å². The number of halogens is 1. The number of amides is 2. The number of rotatable bonds is 3. The van der Waals surface area contributed by atoms with Crippen molar-refractivity contribution in [2.75, 3.05) is 31.1 Å². The molecule has 34 heavy (non-hydrogen) atoms. The number of nitrogen functional groups attached to an aromatic ring is 2. The average Bonchev–Trinajstić information content (AvgIpc) is 3.40. The molecule has 2 aliphatic rings. The van der Waals surface area contributed by atoms with Crippen molar-refractivity contribution in [3.63, 3.8) is 0 Å². The largest absolute Gasteiger partial charge is 0.382 e. The van der Waals surface area contributed by atoms with E-state index in [1.165, 1.54) is 4.80 Å². The molecule has 2 amide bonds. The number of nitrogens with two attached hydrogens (primary N) is 2. The summed E-state index contributed by atoms with van der Waals surface area (Å²) < 4.78 is 0.394. The summed E-state index contributed by atoms with van der Waals surface area (Å²) >= 11 is 1.89. The van der Waals surface area contributed by atoms with Crippen LogP contribution in [0.25, 0.3) is 11.0 Å². The van der Waals surface area contributed by atoms with E-state index in [9.17, 15) is 9.59 Å². The zero-order valence-corrected chi connectivity index (χ0v) is 20.2. The zero-order valence-electron chi connectivity index (χ0n) is 18.0. The summed E-state index contributed by atoms with van der Waals surface area (Å²) in [5.74, 6) is -0.0734. The molecule has 2 aromatic heterocycles. The maximum Gasteiger partial charge on any atom is 0.280 e. The lowest BCUT2D eigenvalue weighted by atomic mass is 9.88. The number of hydrogen-bond acceptors (Lipinski definition) is 10. The number of carbonyl (C=O) groups is 2. The highest BCUT2D eigenvalue weighted by molar-refractivity contribution is 14.1. The molecule has 1 saturated heterocycles. The van der Waals surface area contributed by atoms with Gasteiger partial charge in [0.25, 0.3) is 5.91 Å². The number of nitrogens with zero attached hydrogens (tertiary/aromatic N) is 7. The third-order valence-electron chi connectivity index (χ3n) is 5.95. The van der Waals surface area contributed by atoms with Crippen molar-refractivity contribution in [2.24, 2.45) is 4.99 Å². The minimum atomic E-state index is -0.516. The third kappa shape index (κ3) is 4.32. The fourth-order valence-corrected chi connectivity index (χ4v) is 4.43. The lowest BCUT2D eigenvalue weighted by Crippen LogP contribution is -2.57. The maximum atomic E-state index is 12.8. The lowest BCUT2D eigenvalue weighted by molar-refractivity contribution is -0.133. The summed E-state index contributed by atoms with van der Waals surface area (Å²) in [5.41, 5.74) is 12.7. The van der Waals surface area contributed by atoms with Gasteiger partial charge in [0.1, 0.15) is 21.3 Å². The minimum Gasteiger partial charge on any atom is -0.382 e. The first-order valence-electron chi connectivity index (χ1n) is 10.6. The van der Waals surface area contributed by atoms with Gasteiger partial charge < -0.3 is 21.7 Å². The SMILES string of the molecule is Nc1nc(N)c(C(=O)NC2=NCC3(CCN(C(=O)Cn4nc5ccccc5n4)CC3)N2)nc1I. The molecule has 1 spiro atoms. The molecule has 4 heterocycles. The van der Waals surface area contributed by atoms with Gasteiger partial charge in [-0.05, 0) is 47.6 Å². The zero-order chi connectivity index (χ0) is 23.9. The Morgan fingerprint density at radius 1 is 1.09 bits per heavy atom. The van der Waals surface area contributed by atoms with Gasteiger partial charge in [0.15, 0.2) is 23.3 Å². The molecule has 6 N–H and O–H groups in total. The summed E-state index contributed by atoms with van der Waals surface area (Å²) in [6.07, 6.45) is 1.38. The first-order valence-corrected chi connectivity index (χ1v) is 11.7. The molecule has 1 fully saturated rings. The molecule has 0 bridgehead atoms.